The summed E-state index contributed by atoms with van der Waals surface area (Å²) < 4.78 is 7.69. The number of rotatable bonds is 6. The number of nitrogens with one attached hydrogen (secondary N) is 1. The number of fused-ring (bicyclic) bond motifs is 1. The molecule has 27 heavy (non-hydrogen) atoms. The van der Waals surface area contributed by atoms with Crippen LogP contribution in [0, 0.1) is 0 Å². The lowest BCUT2D eigenvalue weighted by molar-refractivity contribution is 0.280. The number of aryl methyl sites for hydroxylation is 1. The summed E-state index contributed by atoms with van der Waals surface area (Å²) in [4.78, 5) is 12.7. The molecule has 3 N–H and O–H groups in total. The van der Waals surface area contributed by atoms with E-state index in [-0.39, 0.29) is 0 Å². The van der Waals surface area contributed by atoms with Gasteiger partial charge in [-0.25, -0.2) is 15.0 Å². The second kappa shape index (κ2) is 7.33. The van der Waals surface area contributed by atoms with E-state index in [0.29, 0.717) is 24.8 Å². The van der Waals surface area contributed by atoms with E-state index in [1.165, 1.54) is 0 Å². The number of pyridine rings is 2. The number of ether oxygens (including phenoxy) is 1. The zero-order valence-corrected chi connectivity index (χ0v) is 15.0. The van der Waals surface area contributed by atoms with Gasteiger partial charge in [0.15, 0.2) is 0 Å². The Kier molecular flexibility index (Phi) is 4.57. The summed E-state index contributed by atoms with van der Waals surface area (Å²) in [5, 5.41) is 5.44. The average Bonchev–Trinajstić information content (AvgIpc) is 3.10. The van der Waals surface area contributed by atoms with Crippen LogP contribution >= 0.6 is 0 Å². The highest BCUT2D eigenvalue weighted by Gasteiger charge is 2.06. The molecule has 0 saturated heterocycles. The van der Waals surface area contributed by atoms with Crippen molar-refractivity contribution in [1.29, 1.82) is 0 Å². The third-order valence-electron chi connectivity index (χ3n) is 4.39. The van der Waals surface area contributed by atoms with E-state index in [4.69, 9.17) is 10.5 Å². The summed E-state index contributed by atoms with van der Waals surface area (Å²) in [6.07, 6.45) is 7.10. The molecule has 4 aromatic rings. The van der Waals surface area contributed by atoms with Gasteiger partial charge in [-0.3, -0.25) is 0 Å². The summed E-state index contributed by atoms with van der Waals surface area (Å²) in [6.45, 7) is 1.02. The second-order valence-electron chi connectivity index (χ2n) is 6.20. The molecule has 0 spiro atoms. The van der Waals surface area contributed by atoms with E-state index < -0.39 is 0 Å². The molecule has 3 aromatic heterocycles. The molecule has 0 saturated carbocycles. The first-order valence-electron chi connectivity index (χ1n) is 8.62. The molecule has 0 radical (unpaired) electrons. The number of hydrogen-bond donors (Lipinski definition) is 2. The summed E-state index contributed by atoms with van der Waals surface area (Å²) in [6, 6.07) is 11.8. The molecule has 7 nitrogen and oxygen atoms in total. The Hall–Kier alpha value is -3.61. The predicted octanol–water partition coefficient (Wildman–Crippen LogP) is 3.14. The number of hydrogen-bond acceptors (Lipinski definition) is 6. The molecule has 0 aliphatic heterocycles. The molecule has 136 valence electrons. The van der Waals surface area contributed by atoms with Crippen LogP contribution in [0.3, 0.4) is 0 Å². The third-order valence-corrected chi connectivity index (χ3v) is 4.39. The Morgan fingerprint density at radius 3 is 2.78 bits per heavy atom. The van der Waals surface area contributed by atoms with Gasteiger partial charge >= 0.3 is 0 Å². The van der Waals surface area contributed by atoms with Crippen LogP contribution in [0.2, 0.25) is 0 Å². The molecule has 4 rings (SSSR count). The van der Waals surface area contributed by atoms with Gasteiger partial charge in [0.25, 0.3) is 0 Å². The number of imidazole rings is 1. The van der Waals surface area contributed by atoms with Crippen molar-refractivity contribution in [3.8, 4) is 5.88 Å². The highest BCUT2D eigenvalue weighted by molar-refractivity contribution is 5.99. The van der Waals surface area contributed by atoms with Crippen LogP contribution in [0.5, 0.6) is 5.88 Å². The lowest BCUT2D eigenvalue weighted by Crippen LogP contribution is -2.05. The van der Waals surface area contributed by atoms with E-state index in [2.05, 4.69) is 20.3 Å². The number of aromatic nitrogens is 4. The van der Waals surface area contributed by atoms with Crippen molar-refractivity contribution in [2.24, 2.45) is 7.05 Å². The number of nitrogen functional groups attached to an aromatic ring is 1. The van der Waals surface area contributed by atoms with Crippen molar-refractivity contribution in [2.45, 2.75) is 13.2 Å². The van der Waals surface area contributed by atoms with Crippen molar-refractivity contribution in [3.05, 3.63) is 72.6 Å². The van der Waals surface area contributed by atoms with E-state index in [1.54, 1.807) is 18.6 Å². The summed E-state index contributed by atoms with van der Waals surface area (Å²) >= 11 is 0. The topological polar surface area (TPSA) is 90.9 Å². The first kappa shape index (κ1) is 16.8. The van der Waals surface area contributed by atoms with Crippen LogP contribution in [-0.4, -0.2) is 19.5 Å². The molecule has 0 unspecified atom stereocenters. The van der Waals surface area contributed by atoms with Crippen LogP contribution < -0.4 is 15.8 Å². The number of nitrogens with two attached hydrogens (primary N) is 1. The highest BCUT2D eigenvalue weighted by Crippen LogP contribution is 2.26. The van der Waals surface area contributed by atoms with Gasteiger partial charge in [-0.05, 0) is 23.8 Å². The monoisotopic (exact) mass is 360 g/mol. The number of anilines is 2. The van der Waals surface area contributed by atoms with Crippen LogP contribution in [-0.2, 0) is 20.2 Å². The van der Waals surface area contributed by atoms with Gasteiger partial charge in [0.1, 0.15) is 18.2 Å². The third kappa shape index (κ3) is 3.67. The Morgan fingerprint density at radius 2 is 1.93 bits per heavy atom. The zero-order valence-electron chi connectivity index (χ0n) is 15.0. The zero-order chi connectivity index (χ0) is 18.6. The van der Waals surface area contributed by atoms with Crippen molar-refractivity contribution in [2.75, 3.05) is 11.1 Å². The lowest BCUT2D eigenvalue weighted by atomic mass is 10.1. The molecule has 7 heteroatoms. The minimum absolute atomic E-state index is 0.378. The fraction of sp³-hybridized carbons (Fsp3) is 0.150. The van der Waals surface area contributed by atoms with Gasteiger partial charge < -0.3 is 20.4 Å². The Bertz CT molecular complexity index is 1070. The van der Waals surface area contributed by atoms with Crippen molar-refractivity contribution in [1.82, 2.24) is 19.5 Å². The van der Waals surface area contributed by atoms with Gasteiger partial charge in [0, 0.05) is 60.9 Å². The fourth-order valence-electron chi connectivity index (χ4n) is 2.89. The largest absolute Gasteiger partial charge is 0.469 e. The molecular weight excluding hydrogens is 340 g/mol. The summed E-state index contributed by atoms with van der Waals surface area (Å²) in [5.41, 5.74) is 8.04. The van der Waals surface area contributed by atoms with Crippen molar-refractivity contribution >= 4 is 22.3 Å². The smallest absolute Gasteiger partial charge is 0.213 e. The molecule has 1 aromatic carbocycles. The van der Waals surface area contributed by atoms with E-state index >= 15 is 0 Å². The molecule has 3 heterocycles. The molecule has 0 fully saturated rings. The maximum Gasteiger partial charge on any atom is 0.213 e. The first-order chi connectivity index (χ1) is 13.2. The summed E-state index contributed by atoms with van der Waals surface area (Å²) in [5.74, 6) is 1.95. The van der Waals surface area contributed by atoms with Crippen LogP contribution in [0.25, 0.3) is 10.8 Å². The highest BCUT2D eigenvalue weighted by atomic mass is 16.5. The molecule has 0 amide bonds. The van der Waals surface area contributed by atoms with Gasteiger partial charge in [-0.15, -0.1) is 0 Å². The Balaban J connectivity index is 1.46. The van der Waals surface area contributed by atoms with Crippen LogP contribution in [0.1, 0.15) is 11.4 Å². The van der Waals surface area contributed by atoms with Crippen molar-refractivity contribution in [3.63, 3.8) is 0 Å². The van der Waals surface area contributed by atoms with Gasteiger partial charge in [0.2, 0.25) is 5.88 Å². The molecule has 0 aliphatic rings. The first-order valence-corrected chi connectivity index (χ1v) is 8.62. The standard InChI is InChI=1S/C20H20N6O/c1-26-10-9-22-18(26)13-27-19-11-14(5-7-23-19)12-25-17-4-2-3-16-15(17)6-8-24-20(16)21/h2-11,25H,12-13H2,1H3,(H2,21,24). The van der Waals surface area contributed by atoms with Crippen molar-refractivity contribution < 1.29 is 4.74 Å². The maximum atomic E-state index is 5.97. The average molecular weight is 360 g/mol. The normalized spacial score (nSPS) is 10.9. The predicted molar refractivity (Wildman–Crippen MR) is 105 cm³/mol. The molecule has 0 atom stereocenters. The van der Waals surface area contributed by atoms with E-state index in [9.17, 15) is 0 Å². The minimum Gasteiger partial charge on any atom is -0.469 e. The van der Waals surface area contributed by atoms with Gasteiger partial charge in [0.05, 0.1) is 0 Å². The van der Waals surface area contributed by atoms with Crippen LogP contribution in [0.15, 0.2) is 61.2 Å². The lowest BCUT2D eigenvalue weighted by Gasteiger charge is -2.11. The minimum atomic E-state index is 0.378. The number of benzene rings is 1. The quantitative estimate of drug-likeness (QED) is 0.549. The SMILES string of the molecule is Cn1ccnc1COc1cc(CNc2cccc3c(N)nccc23)ccn1. The van der Waals surface area contributed by atoms with Gasteiger partial charge in [-0.2, -0.15) is 0 Å². The second-order valence-corrected chi connectivity index (χ2v) is 6.20. The molecular formula is C20H20N6O. The van der Waals surface area contributed by atoms with E-state index in [1.807, 2.05) is 54.2 Å². The van der Waals surface area contributed by atoms with Crippen LogP contribution in [0.4, 0.5) is 11.5 Å². The Morgan fingerprint density at radius 1 is 1.04 bits per heavy atom. The molecule has 0 bridgehead atoms. The van der Waals surface area contributed by atoms with E-state index in [0.717, 1.165) is 27.8 Å². The maximum absolute atomic E-state index is 5.97. The molecule has 0 aliphatic carbocycles. The van der Waals surface area contributed by atoms with Gasteiger partial charge in [-0.1, -0.05) is 12.1 Å². The fourth-order valence-corrected chi connectivity index (χ4v) is 2.89. The number of nitrogens with zero attached hydrogens (tertiary/aromatic N) is 4. The Labute approximate surface area is 156 Å². The summed E-state index contributed by atoms with van der Waals surface area (Å²) in [7, 11) is 1.94.